The van der Waals surface area contributed by atoms with E-state index >= 15 is 0 Å². The Kier molecular flexibility index (Phi) is 39.3. The first-order valence-electron chi connectivity index (χ1n) is 18.2. The molecular weight excluding hydrogens is 504 g/mol. The van der Waals surface area contributed by atoms with Crippen LogP contribution >= 0.6 is 0 Å². The maximum Gasteiger partial charge on any atom is 0.313 e. The quantitative estimate of drug-likeness (QED) is 0.0369. The number of ether oxygens (including phenoxy) is 1. The van der Waals surface area contributed by atoms with E-state index in [0.717, 1.165) is 38.5 Å². The number of hydrogen-bond donors (Lipinski definition) is 0. The molecule has 0 unspecified atom stereocenters. The molecule has 0 heterocycles. The summed E-state index contributed by atoms with van der Waals surface area (Å²) >= 11 is 0. The fourth-order valence-electron chi connectivity index (χ4n) is 4.91. The standard InChI is InChI=1S/C36H66O3.C2H6/c1-3-5-7-9-11-13-15-17-19-21-23-25-27-29-31-33-35(37)39-36(38)34-32-30-28-26-24-22-20-18-16-14-12-10-8-6-4-2;1-2/h17-20H,3-16,21-34H2,1-2H3;1-2H3/b19-17-,20-18?;. The van der Waals surface area contributed by atoms with Crippen molar-refractivity contribution in [1.29, 1.82) is 0 Å². The lowest BCUT2D eigenvalue weighted by Gasteiger charge is -2.04. The zero-order chi connectivity index (χ0) is 30.5. The predicted molar refractivity (Wildman–Crippen MR) is 181 cm³/mol. The van der Waals surface area contributed by atoms with Gasteiger partial charge in [0.1, 0.15) is 0 Å². The van der Waals surface area contributed by atoms with Crippen molar-refractivity contribution >= 4 is 11.9 Å². The molecule has 0 aliphatic heterocycles. The Morgan fingerprint density at radius 2 is 0.634 bits per heavy atom. The number of carbonyl (C=O) groups is 2. The number of rotatable bonds is 30. The maximum atomic E-state index is 11.9. The van der Waals surface area contributed by atoms with E-state index < -0.39 is 0 Å². The highest BCUT2D eigenvalue weighted by Crippen LogP contribution is 2.12. The molecule has 3 heteroatoms. The van der Waals surface area contributed by atoms with E-state index in [0.29, 0.717) is 12.8 Å². The molecule has 3 nitrogen and oxygen atoms in total. The van der Waals surface area contributed by atoms with Crippen LogP contribution in [0.3, 0.4) is 0 Å². The van der Waals surface area contributed by atoms with E-state index in [1.54, 1.807) is 0 Å². The lowest BCUT2D eigenvalue weighted by molar-refractivity contribution is -0.159. The van der Waals surface area contributed by atoms with Gasteiger partial charge >= 0.3 is 11.9 Å². The molecule has 0 rings (SSSR count). The van der Waals surface area contributed by atoms with Crippen molar-refractivity contribution in [1.82, 2.24) is 0 Å². The van der Waals surface area contributed by atoms with E-state index in [4.69, 9.17) is 4.74 Å². The van der Waals surface area contributed by atoms with Gasteiger partial charge in [-0.1, -0.05) is 155 Å². The minimum absolute atomic E-state index is 0.342. The van der Waals surface area contributed by atoms with Gasteiger partial charge in [-0.15, -0.1) is 0 Å². The zero-order valence-corrected chi connectivity index (χ0v) is 28.3. The second-order valence-corrected chi connectivity index (χ2v) is 11.5. The van der Waals surface area contributed by atoms with E-state index in [9.17, 15) is 9.59 Å². The Bertz CT molecular complexity index is 528. The topological polar surface area (TPSA) is 43.4 Å². The van der Waals surface area contributed by atoms with Gasteiger partial charge in [0.25, 0.3) is 0 Å². The summed E-state index contributed by atoms with van der Waals surface area (Å²) in [6, 6.07) is 0. The highest BCUT2D eigenvalue weighted by Gasteiger charge is 2.09. The summed E-state index contributed by atoms with van der Waals surface area (Å²) in [6.45, 7) is 8.53. The SMILES string of the molecule is CC.CCCCCCCCC=CCCCCCCCC(=O)OC(=O)CCCCCCC/C=C\CCCCCCCC. The number of esters is 2. The molecule has 0 atom stereocenters. The second-order valence-electron chi connectivity index (χ2n) is 11.5. The van der Waals surface area contributed by atoms with Crippen LogP contribution in [0.5, 0.6) is 0 Å². The molecule has 0 aromatic carbocycles. The largest absolute Gasteiger partial charge is 0.393 e. The molecule has 0 aliphatic carbocycles. The lowest BCUT2D eigenvalue weighted by atomic mass is 10.1. The Morgan fingerprint density at radius 3 is 0.927 bits per heavy atom. The van der Waals surface area contributed by atoms with Crippen LogP contribution in [0.1, 0.15) is 207 Å². The molecule has 0 saturated heterocycles. The normalized spacial score (nSPS) is 11.2. The van der Waals surface area contributed by atoms with Gasteiger partial charge in [-0.05, 0) is 64.2 Å². The van der Waals surface area contributed by atoms with Crippen molar-refractivity contribution < 1.29 is 14.3 Å². The summed E-state index contributed by atoms with van der Waals surface area (Å²) in [5.41, 5.74) is 0. The second kappa shape index (κ2) is 38.6. The van der Waals surface area contributed by atoms with Crippen LogP contribution in [0.15, 0.2) is 24.3 Å². The molecule has 0 spiro atoms. The first-order valence-corrected chi connectivity index (χ1v) is 18.2. The minimum atomic E-state index is -0.342. The van der Waals surface area contributed by atoms with Crippen LogP contribution in [-0.4, -0.2) is 11.9 Å². The molecule has 41 heavy (non-hydrogen) atoms. The molecule has 0 saturated carbocycles. The van der Waals surface area contributed by atoms with Crippen molar-refractivity contribution in [3.8, 4) is 0 Å². The maximum absolute atomic E-state index is 11.9. The van der Waals surface area contributed by atoms with Crippen LogP contribution in [-0.2, 0) is 14.3 Å². The van der Waals surface area contributed by atoms with Gasteiger partial charge in [-0.2, -0.15) is 0 Å². The van der Waals surface area contributed by atoms with Gasteiger partial charge in [0, 0.05) is 12.8 Å². The summed E-state index contributed by atoms with van der Waals surface area (Å²) in [7, 11) is 0. The highest BCUT2D eigenvalue weighted by molar-refractivity contribution is 5.85. The van der Waals surface area contributed by atoms with Gasteiger partial charge in [-0.25, -0.2) is 0 Å². The van der Waals surface area contributed by atoms with Gasteiger partial charge in [-0.3, -0.25) is 9.59 Å². The summed E-state index contributed by atoms with van der Waals surface area (Å²) in [5.74, 6) is -0.684. The molecule has 0 aromatic heterocycles. The fourth-order valence-corrected chi connectivity index (χ4v) is 4.91. The molecule has 0 bridgehead atoms. The lowest BCUT2D eigenvalue weighted by Crippen LogP contribution is -2.11. The Hall–Kier alpha value is -1.38. The van der Waals surface area contributed by atoms with Crippen LogP contribution in [0, 0.1) is 0 Å². The summed E-state index contributed by atoms with van der Waals surface area (Å²) < 4.78 is 4.99. The van der Waals surface area contributed by atoms with Gasteiger partial charge in [0.05, 0.1) is 0 Å². The summed E-state index contributed by atoms with van der Waals surface area (Å²) in [5, 5.41) is 0. The highest BCUT2D eigenvalue weighted by atomic mass is 16.6. The minimum Gasteiger partial charge on any atom is -0.393 e. The molecule has 0 N–H and O–H groups in total. The Balaban J connectivity index is 0. The van der Waals surface area contributed by atoms with Crippen LogP contribution < -0.4 is 0 Å². The number of carbonyl (C=O) groups excluding carboxylic acids is 2. The summed E-state index contributed by atoms with van der Waals surface area (Å²) in [6.07, 6.45) is 42.2. The van der Waals surface area contributed by atoms with Gasteiger partial charge in [0.2, 0.25) is 0 Å². The van der Waals surface area contributed by atoms with Crippen LogP contribution in [0.25, 0.3) is 0 Å². The van der Waals surface area contributed by atoms with E-state index in [2.05, 4.69) is 38.2 Å². The van der Waals surface area contributed by atoms with Crippen LogP contribution in [0.2, 0.25) is 0 Å². The first-order chi connectivity index (χ1) is 20.2. The zero-order valence-electron chi connectivity index (χ0n) is 28.3. The molecule has 0 amide bonds. The fraction of sp³-hybridized carbons (Fsp3) is 0.842. The summed E-state index contributed by atoms with van der Waals surface area (Å²) in [4.78, 5) is 23.8. The van der Waals surface area contributed by atoms with Crippen molar-refractivity contribution in [3.63, 3.8) is 0 Å². The van der Waals surface area contributed by atoms with E-state index in [1.165, 1.54) is 128 Å². The van der Waals surface area contributed by atoms with E-state index in [1.807, 2.05) is 13.8 Å². The molecule has 0 aliphatic rings. The molecule has 0 radical (unpaired) electrons. The third-order valence-electron chi connectivity index (χ3n) is 7.51. The Morgan fingerprint density at radius 1 is 0.390 bits per heavy atom. The predicted octanol–water partition coefficient (Wildman–Crippen LogP) is 13.2. The van der Waals surface area contributed by atoms with E-state index in [-0.39, 0.29) is 11.9 Å². The smallest absolute Gasteiger partial charge is 0.313 e. The van der Waals surface area contributed by atoms with Gasteiger partial charge < -0.3 is 4.74 Å². The number of allylic oxidation sites excluding steroid dienone is 4. The van der Waals surface area contributed by atoms with Crippen molar-refractivity contribution in [2.24, 2.45) is 0 Å². The number of unbranched alkanes of at least 4 members (excludes halogenated alkanes) is 22. The Labute approximate surface area is 257 Å². The third kappa shape index (κ3) is 38.6. The molecule has 242 valence electrons. The van der Waals surface area contributed by atoms with Crippen molar-refractivity contribution in [3.05, 3.63) is 24.3 Å². The molecule has 0 aromatic rings. The van der Waals surface area contributed by atoms with Crippen molar-refractivity contribution in [2.75, 3.05) is 0 Å². The molecule has 0 fully saturated rings. The van der Waals surface area contributed by atoms with Crippen LogP contribution in [0.4, 0.5) is 0 Å². The van der Waals surface area contributed by atoms with Crippen molar-refractivity contribution in [2.45, 2.75) is 207 Å². The molecular formula is C38H72O3. The van der Waals surface area contributed by atoms with Gasteiger partial charge in [0.15, 0.2) is 0 Å². The monoisotopic (exact) mass is 577 g/mol. The first kappa shape index (κ1) is 41.8. The third-order valence-corrected chi connectivity index (χ3v) is 7.51. The average Bonchev–Trinajstić information content (AvgIpc) is 2.98. The number of hydrogen-bond acceptors (Lipinski definition) is 3. The average molecular weight is 577 g/mol.